The van der Waals surface area contributed by atoms with Crippen molar-refractivity contribution in [2.75, 3.05) is 13.2 Å². The lowest BCUT2D eigenvalue weighted by molar-refractivity contribution is -0.155. The topological polar surface area (TPSA) is 64.6 Å². The third kappa shape index (κ3) is 7.82. The van der Waals surface area contributed by atoms with Crippen molar-refractivity contribution in [3.05, 3.63) is 0 Å². The number of esters is 1. The Hall–Kier alpha value is -1.10. The van der Waals surface area contributed by atoms with E-state index in [9.17, 15) is 9.59 Å². The first-order valence-electron chi connectivity index (χ1n) is 6.97. The normalized spacial score (nSPS) is 19.2. The molecule has 1 fully saturated rings. The molecule has 0 aromatic rings. The molecule has 5 nitrogen and oxygen atoms in total. The zero-order valence-corrected chi connectivity index (χ0v) is 12.2. The van der Waals surface area contributed by atoms with Crippen molar-refractivity contribution in [1.29, 1.82) is 0 Å². The van der Waals surface area contributed by atoms with Crippen molar-refractivity contribution in [3.8, 4) is 0 Å². The molecule has 0 bridgehead atoms. The maximum absolute atomic E-state index is 11.5. The van der Waals surface area contributed by atoms with Crippen molar-refractivity contribution in [1.82, 2.24) is 5.32 Å². The van der Waals surface area contributed by atoms with Gasteiger partial charge in [0.15, 0.2) is 0 Å². The second-order valence-corrected chi connectivity index (χ2v) is 5.86. The molecule has 1 amide bonds. The Labute approximate surface area is 115 Å². The zero-order valence-electron chi connectivity index (χ0n) is 12.2. The van der Waals surface area contributed by atoms with Gasteiger partial charge in [-0.1, -0.05) is 0 Å². The fraction of sp³-hybridized carbons (Fsp3) is 0.857. The first kappa shape index (κ1) is 16.0. The lowest BCUT2D eigenvalue weighted by atomic mass is 10.2. The summed E-state index contributed by atoms with van der Waals surface area (Å²) >= 11 is 0. The second-order valence-electron chi connectivity index (χ2n) is 5.86. The van der Waals surface area contributed by atoms with Crippen LogP contribution in [0.25, 0.3) is 0 Å². The van der Waals surface area contributed by atoms with Gasteiger partial charge >= 0.3 is 5.97 Å². The average molecular weight is 271 g/mol. The summed E-state index contributed by atoms with van der Waals surface area (Å²) in [5.41, 5.74) is -0.493. The first-order chi connectivity index (χ1) is 8.87. The van der Waals surface area contributed by atoms with E-state index in [0.29, 0.717) is 6.54 Å². The molecular weight excluding hydrogens is 246 g/mol. The quantitative estimate of drug-likeness (QED) is 0.748. The van der Waals surface area contributed by atoms with Crippen LogP contribution in [0, 0.1) is 0 Å². The maximum atomic E-state index is 11.5. The summed E-state index contributed by atoms with van der Waals surface area (Å²) in [5.74, 6) is -0.439. The van der Waals surface area contributed by atoms with Gasteiger partial charge in [-0.25, -0.2) is 0 Å². The number of nitrogens with one attached hydrogen (secondary N) is 1. The summed E-state index contributed by atoms with van der Waals surface area (Å²) < 4.78 is 10.6. The molecule has 0 aromatic carbocycles. The molecule has 1 aliphatic rings. The van der Waals surface area contributed by atoms with Crippen LogP contribution in [0.4, 0.5) is 0 Å². The Morgan fingerprint density at radius 2 is 2.05 bits per heavy atom. The molecule has 0 saturated carbocycles. The molecule has 1 N–H and O–H groups in total. The minimum absolute atomic E-state index is 0.108. The number of hydrogen-bond donors (Lipinski definition) is 1. The third-order valence-electron chi connectivity index (χ3n) is 2.79. The summed E-state index contributed by atoms with van der Waals surface area (Å²) in [7, 11) is 0. The van der Waals surface area contributed by atoms with Crippen molar-refractivity contribution >= 4 is 11.9 Å². The Balaban J connectivity index is 2.05. The van der Waals surface area contributed by atoms with E-state index in [0.717, 1.165) is 25.9 Å². The summed E-state index contributed by atoms with van der Waals surface area (Å²) in [6, 6.07) is 0. The Morgan fingerprint density at radius 3 is 2.63 bits per heavy atom. The summed E-state index contributed by atoms with van der Waals surface area (Å²) in [6.45, 7) is 6.88. The van der Waals surface area contributed by atoms with E-state index < -0.39 is 5.60 Å². The predicted molar refractivity (Wildman–Crippen MR) is 71.7 cm³/mol. The number of rotatable bonds is 6. The smallest absolute Gasteiger partial charge is 0.306 e. The van der Waals surface area contributed by atoms with E-state index in [2.05, 4.69) is 5.32 Å². The van der Waals surface area contributed by atoms with E-state index >= 15 is 0 Å². The van der Waals surface area contributed by atoms with Gasteiger partial charge in [0.05, 0.1) is 12.5 Å². The van der Waals surface area contributed by atoms with E-state index in [4.69, 9.17) is 9.47 Å². The lowest BCUT2D eigenvalue weighted by Gasteiger charge is -2.19. The number of carbonyl (C=O) groups is 2. The molecule has 0 aromatic heterocycles. The average Bonchev–Trinajstić information content (AvgIpc) is 2.77. The van der Waals surface area contributed by atoms with E-state index in [1.807, 2.05) is 20.8 Å². The van der Waals surface area contributed by atoms with Crippen molar-refractivity contribution < 1.29 is 19.1 Å². The van der Waals surface area contributed by atoms with E-state index in [-0.39, 0.29) is 30.8 Å². The van der Waals surface area contributed by atoms with Crippen LogP contribution in [0.1, 0.15) is 52.9 Å². The standard InChI is InChI=1S/C14H25NO4/c1-14(2,3)19-13(17)7-6-12(16)15-9-8-11-5-4-10-18-11/h11H,4-10H2,1-3H3,(H,15,16). The molecule has 1 unspecified atom stereocenters. The maximum Gasteiger partial charge on any atom is 0.306 e. The highest BCUT2D eigenvalue weighted by molar-refractivity contribution is 5.81. The van der Waals surface area contributed by atoms with Gasteiger partial charge in [0.1, 0.15) is 5.60 Å². The van der Waals surface area contributed by atoms with Gasteiger partial charge in [0.25, 0.3) is 0 Å². The molecule has 0 spiro atoms. The highest BCUT2D eigenvalue weighted by Crippen LogP contribution is 2.14. The Morgan fingerprint density at radius 1 is 1.32 bits per heavy atom. The van der Waals surface area contributed by atoms with Gasteiger partial charge in [-0.15, -0.1) is 0 Å². The molecule has 1 heterocycles. The molecule has 19 heavy (non-hydrogen) atoms. The molecule has 1 rings (SSSR count). The van der Waals surface area contributed by atoms with Gasteiger partial charge in [-0.3, -0.25) is 9.59 Å². The molecular formula is C14H25NO4. The zero-order chi connectivity index (χ0) is 14.3. The Kier molecular flexibility index (Phi) is 6.28. The summed E-state index contributed by atoms with van der Waals surface area (Å²) in [4.78, 5) is 23.0. The minimum atomic E-state index is -0.493. The van der Waals surface area contributed by atoms with Crippen LogP contribution < -0.4 is 5.32 Å². The SMILES string of the molecule is CC(C)(C)OC(=O)CCC(=O)NCCC1CCCO1. The van der Waals surface area contributed by atoms with Gasteiger partial charge in [0, 0.05) is 19.6 Å². The molecule has 1 saturated heterocycles. The highest BCUT2D eigenvalue weighted by Gasteiger charge is 2.18. The van der Waals surface area contributed by atoms with Crippen molar-refractivity contribution in [2.24, 2.45) is 0 Å². The van der Waals surface area contributed by atoms with Crippen LogP contribution in [0.2, 0.25) is 0 Å². The molecule has 1 atom stereocenters. The third-order valence-corrected chi connectivity index (χ3v) is 2.79. The fourth-order valence-electron chi connectivity index (χ4n) is 1.94. The summed E-state index contributed by atoms with van der Waals surface area (Å²) in [5, 5.41) is 2.80. The summed E-state index contributed by atoms with van der Waals surface area (Å²) in [6.07, 6.45) is 3.62. The predicted octanol–water partition coefficient (Wildman–Crippen LogP) is 1.79. The van der Waals surface area contributed by atoms with E-state index in [1.54, 1.807) is 0 Å². The van der Waals surface area contributed by atoms with Gasteiger partial charge in [-0.05, 0) is 40.0 Å². The first-order valence-corrected chi connectivity index (χ1v) is 6.97. The fourth-order valence-corrected chi connectivity index (χ4v) is 1.94. The van der Waals surface area contributed by atoms with E-state index in [1.165, 1.54) is 0 Å². The van der Waals surface area contributed by atoms with Crippen LogP contribution >= 0.6 is 0 Å². The lowest BCUT2D eigenvalue weighted by Crippen LogP contribution is -2.29. The highest BCUT2D eigenvalue weighted by atomic mass is 16.6. The largest absolute Gasteiger partial charge is 0.460 e. The van der Waals surface area contributed by atoms with Crippen LogP contribution in [0.15, 0.2) is 0 Å². The number of ether oxygens (including phenoxy) is 2. The monoisotopic (exact) mass is 271 g/mol. The van der Waals surface area contributed by atoms with Crippen LogP contribution in [-0.2, 0) is 19.1 Å². The molecule has 1 aliphatic heterocycles. The molecule has 0 radical (unpaired) electrons. The second kappa shape index (κ2) is 7.48. The number of amides is 1. The van der Waals surface area contributed by atoms with Gasteiger partial charge in [-0.2, -0.15) is 0 Å². The number of carbonyl (C=O) groups excluding carboxylic acids is 2. The van der Waals surface area contributed by atoms with Crippen molar-refractivity contribution in [3.63, 3.8) is 0 Å². The van der Waals surface area contributed by atoms with Gasteiger partial charge < -0.3 is 14.8 Å². The molecule has 0 aliphatic carbocycles. The number of hydrogen-bond acceptors (Lipinski definition) is 4. The van der Waals surface area contributed by atoms with Crippen LogP contribution in [0.3, 0.4) is 0 Å². The molecule has 110 valence electrons. The molecule has 5 heteroatoms. The van der Waals surface area contributed by atoms with Crippen molar-refractivity contribution in [2.45, 2.75) is 64.6 Å². The van der Waals surface area contributed by atoms with Crippen LogP contribution in [0.5, 0.6) is 0 Å². The minimum Gasteiger partial charge on any atom is -0.460 e. The van der Waals surface area contributed by atoms with Gasteiger partial charge in [0.2, 0.25) is 5.91 Å². The Bertz CT molecular complexity index is 303. The van der Waals surface area contributed by atoms with Crippen LogP contribution in [-0.4, -0.2) is 36.7 Å².